The maximum atomic E-state index is 12.1. The first kappa shape index (κ1) is 16.5. The summed E-state index contributed by atoms with van der Waals surface area (Å²) in [6, 6.07) is 11.7. The van der Waals surface area contributed by atoms with Crippen LogP contribution in [0.4, 0.5) is 0 Å². The van der Waals surface area contributed by atoms with Gasteiger partial charge in [-0.05, 0) is 56.3 Å². The fraction of sp³-hybridized carbons (Fsp3) is 0.167. The molecule has 25 heavy (non-hydrogen) atoms. The van der Waals surface area contributed by atoms with Crippen LogP contribution in [0.1, 0.15) is 34.6 Å². The summed E-state index contributed by atoms with van der Waals surface area (Å²) in [7, 11) is 0. The lowest BCUT2D eigenvalue weighted by atomic mass is 10.2. The quantitative estimate of drug-likeness (QED) is 0.637. The number of rotatable bonds is 4. The second-order valence-electron chi connectivity index (χ2n) is 5.73. The van der Waals surface area contributed by atoms with E-state index in [0.717, 1.165) is 11.0 Å². The van der Waals surface area contributed by atoms with Crippen molar-refractivity contribution in [3.05, 3.63) is 59.9 Å². The third-order valence-electron chi connectivity index (χ3n) is 3.46. The van der Waals surface area contributed by atoms with E-state index in [-0.39, 0.29) is 6.10 Å². The smallest absolute Gasteiger partial charge is 0.269 e. The number of hydrogen-bond donors (Lipinski definition) is 3. The molecule has 2 amide bonds. The lowest BCUT2D eigenvalue weighted by molar-refractivity contribution is 0.0846. The Morgan fingerprint density at radius 2 is 1.64 bits per heavy atom. The summed E-state index contributed by atoms with van der Waals surface area (Å²) in [5.41, 5.74) is 7.14. The molecule has 2 aromatic carbocycles. The summed E-state index contributed by atoms with van der Waals surface area (Å²) in [4.78, 5) is 31.3. The van der Waals surface area contributed by atoms with E-state index in [4.69, 9.17) is 4.74 Å². The number of nitrogens with zero attached hydrogens (tertiary/aromatic N) is 1. The average molecular weight is 338 g/mol. The zero-order valence-electron chi connectivity index (χ0n) is 13.9. The summed E-state index contributed by atoms with van der Waals surface area (Å²) < 4.78 is 5.52. The highest BCUT2D eigenvalue weighted by atomic mass is 16.5. The molecule has 3 N–H and O–H groups in total. The van der Waals surface area contributed by atoms with Crippen molar-refractivity contribution in [1.29, 1.82) is 0 Å². The van der Waals surface area contributed by atoms with Crippen LogP contribution < -0.4 is 15.6 Å². The number of fused-ring (bicyclic) bond motifs is 1. The van der Waals surface area contributed by atoms with Gasteiger partial charge >= 0.3 is 0 Å². The Bertz CT molecular complexity index is 900. The molecule has 7 heteroatoms. The van der Waals surface area contributed by atoms with E-state index in [1.165, 1.54) is 0 Å². The van der Waals surface area contributed by atoms with Crippen molar-refractivity contribution in [3.63, 3.8) is 0 Å². The Labute approximate surface area is 144 Å². The van der Waals surface area contributed by atoms with Crippen LogP contribution in [-0.2, 0) is 0 Å². The minimum atomic E-state index is -0.412. The van der Waals surface area contributed by atoms with Crippen LogP contribution in [0.3, 0.4) is 0 Å². The lowest BCUT2D eigenvalue weighted by Gasteiger charge is -2.10. The Kier molecular flexibility index (Phi) is 4.65. The van der Waals surface area contributed by atoms with E-state index < -0.39 is 11.8 Å². The Balaban J connectivity index is 1.60. The number of hydrogen-bond acceptors (Lipinski definition) is 4. The first-order valence-electron chi connectivity index (χ1n) is 7.83. The van der Waals surface area contributed by atoms with Gasteiger partial charge in [0.25, 0.3) is 11.8 Å². The van der Waals surface area contributed by atoms with Gasteiger partial charge in [0.05, 0.1) is 23.5 Å². The standard InChI is InChI=1S/C18H18N4O3/c1-11(2)25-14-6-3-12(4-7-14)17(23)21-22-18(24)13-5-8-15-16(9-13)20-10-19-15/h3-11H,1-2H3,(H,19,20)(H,21,23)(H,22,24). The monoisotopic (exact) mass is 338 g/mol. The minimum Gasteiger partial charge on any atom is -0.491 e. The zero-order valence-corrected chi connectivity index (χ0v) is 13.9. The normalized spacial score (nSPS) is 10.7. The molecule has 7 nitrogen and oxygen atoms in total. The van der Waals surface area contributed by atoms with Crippen molar-refractivity contribution in [2.45, 2.75) is 20.0 Å². The van der Waals surface area contributed by atoms with E-state index in [1.807, 2.05) is 13.8 Å². The van der Waals surface area contributed by atoms with Crippen molar-refractivity contribution < 1.29 is 14.3 Å². The molecule has 0 aliphatic carbocycles. The van der Waals surface area contributed by atoms with E-state index >= 15 is 0 Å². The number of ether oxygens (including phenoxy) is 1. The van der Waals surface area contributed by atoms with E-state index in [9.17, 15) is 9.59 Å². The number of amides is 2. The van der Waals surface area contributed by atoms with Gasteiger partial charge < -0.3 is 9.72 Å². The van der Waals surface area contributed by atoms with Gasteiger partial charge in [-0.25, -0.2) is 4.98 Å². The summed E-state index contributed by atoms with van der Waals surface area (Å²) in [6.45, 7) is 3.85. The first-order chi connectivity index (χ1) is 12.0. The maximum Gasteiger partial charge on any atom is 0.269 e. The van der Waals surface area contributed by atoms with E-state index in [2.05, 4.69) is 20.8 Å². The number of carbonyl (C=O) groups is 2. The molecule has 0 fully saturated rings. The molecule has 0 saturated carbocycles. The van der Waals surface area contributed by atoms with Gasteiger partial charge in [0.2, 0.25) is 0 Å². The molecule has 1 heterocycles. The number of H-pyrrole nitrogens is 1. The summed E-state index contributed by atoms with van der Waals surface area (Å²) in [5.74, 6) is -0.139. The van der Waals surface area contributed by atoms with Crippen LogP contribution in [0.25, 0.3) is 11.0 Å². The van der Waals surface area contributed by atoms with Gasteiger partial charge in [0.15, 0.2) is 0 Å². The average Bonchev–Trinajstić information content (AvgIpc) is 3.07. The molecule has 0 radical (unpaired) electrons. The third-order valence-corrected chi connectivity index (χ3v) is 3.46. The van der Waals surface area contributed by atoms with Crippen LogP contribution >= 0.6 is 0 Å². The highest BCUT2D eigenvalue weighted by molar-refractivity contribution is 6.00. The highest BCUT2D eigenvalue weighted by Crippen LogP contribution is 2.14. The number of aromatic nitrogens is 2. The van der Waals surface area contributed by atoms with Gasteiger partial charge in [-0.15, -0.1) is 0 Å². The molecule has 0 aliphatic heterocycles. The van der Waals surface area contributed by atoms with Gasteiger partial charge in [-0.3, -0.25) is 20.4 Å². The molecule has 128 valence electrons. The number of hydrazine groups is 1. The topological polar surface area (TPSA) is 96.1 Å². The Morgan fingerprint density at radius 1 is 1.00 bits per heavy atom. The van der Waals surface area contributed by atoms with Crippen molar-refractivity contribution in [2.24, 2.45) is 0 Å². The molecule has 0 bridgehead atoms. The predicted molar refractivity (Wildman–Crippen MR) is 93.2 cm³/mol. The van der Waals surface area contributed by atoms with Crippen molar-refractivity contribution >= 4 is 22.8 Å². The lowest BCUT2D eigenvalue weighted by Crippen LogP contribution is -2.41. The number of benzene rings is 2. The SMILES string of the molecule is CC(C)Oc1ccc(C(=O)NNC(=O)c2ccc3nc[nH]c3c2)cc1. The summed E-state index contributed by atoms with van der Waals surface area (Å²) >= 11 is 0. The minimum absolute atomic E-state index is 0.0613. The molecule has 3 rings (SSSR count). The number of imidazole rings is 1. The molecule has 0 unspecified atom stereocenters. The fourth-order valence-corrected chi connectivity index (χ4v) is 2.29. The largest absolute Gasteiger partial charge is 0.491 e. The maximum absolute atomic E-state index is 12.1. The van der Waals surface area contributed by atoms with Crippen LogP contribution in [0, 0.1) is 0 Å². The molecule has 0 aliphatic rings. The zero-order chi connectivity index (χ0) is 17.8. The molecule has 0 atom stereocenters. The van der Waals surface area contributed by atoms with Gasteiger partial charge in [-0.2, -0.15) is 0 Å². The van der Waals surface area contributed by atoms with Crippen molar-refractivity contribution in [1.82, 2.24) is 20.8 Å². The Morgan fingerprint density at radius 3 is 2.32 bits per heavy atom. The van der Waals surface area contributed by atoms with E-state index in [0.29, 0.717) is 16.9 Å². The summed E-state index contributed by atoms with van der Waals surface area (Å²) in [6.07, 6.45) is 1.62. The third kappa shape index (κ3) is 3.95. The number of nitrogens with one attached hydrogen (secondary N) is 3. The molecule has 0 spiro atoms. The Hall–Kier alpha value is -3.35. The first-order valence-corrected chi connectivity index (χ1v) is 7.83. The van der Waals surface area contributed by atoms with Gasteiger partial charge in [0, 0.05) is 11.1 Å². The fourth-order valence-electron chi connectivity index (χ4n) is 2.29. The van der Waals surface area contributed by atoms with Gasteiger partial charge in [0.1, 0.15) is 5.75 Å². The number of aromatic amines is 1. The number of carbonyl (C=O) groups excluding carboxylic acids is 2. The molecule has 0 saturated heterocycles. The van der Waals surface area contributed by atoms with Crippen LogP contribution in [-0.4, -0.2) is 27.9 Å². The molecule has 3 aromatic rings. The molecular formula is C18H18N4O3. The molecule has 1 aromatic heterocycles. The highest BCUT2D eigenvalue weighted by Gasteiger charge is 2.10. The van der Waals surface area contributed by atoms with Gasteiger partial charge in [-0.1, -0.05) is 0 Å². The second-order valence-corrected chi connectivity index (χ2v) is 5.73. The summed E-state index contributed by atoms with van der Waals surface area (Å²) in [5, 5.41) is 0. The van der Waals surface area contributed by atoms with Crippen LogP contribution in [0.2, 0.25) is 0 Å². The van der Waals surface area contributed by atoms with Crippen LogP contribution in [0.15, 0.2) is 48.8 Å². The van der Waals surface area contributed by atoms with E-state index in [1.54, 1.807) is 48.8 Å². The van der Waals surface area contributed by atoms with Crippen molar-refractivity contribution in [3.8, 4) is 5.75 Å². The molecular weight excluding hydrogens is 320 g/mol. The van der Waals surface area contributed by atoms with Crippen LogP contribution in [0.5, 0.6) is 5.75 Å². The van der Waals surface area contributed by atoms with Crippen molar-refractivity contribution in [2.75, 3.05) is 0 Å². The second kappa shape index (κ2) is 7.04. The predicted octanol–water partition coefficient (Wildman–Crippen LogP) is 2.42.